The Labute approximate surface area is 105 Å². The van der Waals surface area contributed by atoms with Gasteiger partial charge >= 0.3 is 5.97 Å². The Kier molecular flexibility index (Phi) is 4.50. The molecule has 1 fully saturated rings. The summed E-state index contributed by atoms with van der Waals surface area (Å²) in [6.45, 7) is 3.02. The first-order valence-corrected chi connectivity index (χ1v) is 7.04. The van der Waals surface area contributed by atoms with Crippen LogP contribution in [0, 0.1) is 0 Å². The van der Waals surface area contributed by atoms with E-state index in [9.17, 15) is 4.79 Å². The largest absolute Gasteiger partial charge is 0.476 e. The van der Waals surface area contributed by atoms with E-state index in [0.29, 0.717) is 0 Å². The Hall–Kier alpha value is -0.940. The first-order chi connectivity index (χ1) is 8.25. The zero-order chi connectivity index (χ0) is 12.1. The van der Waals surface area contributed by atoms with Gasteiger partial charge in [-0.25, -0.2) is 9.78 Å². The minimum Gasteiger partial charge on any atom is -0.476 e. The van der Waals surface area contributed by atoms with Crippen molar-refractivity contribution < 1.29 is 9.90 Å². The van der Waals surface area contributed by atoms with E-state index in [0.717, 1.165) is 25.3 Å². The number of carbonyl (C=O) groups is 1. The number of likely N-dealkylation sites (tertiary alicyclic amines) is 1. The van der Waals surface area contributed by atoms with Gasteiger partial charge < -0.3 is 5.11 Å². The summed E-state index contributed by atoms with van der Waals surface area (Å²) in [5, 5.41) is 10.9. The first-order valence-electron chi connectivity index (χ1n) is 6.16. The number of thiazole rings is 1. The molecule has 4 nitrogen and oxygen atoms in total. The van der Waals surface area contributed by atoms with E-state index >= 15 is 0 Å². The van der Waals surface area contributed by atoms with Crippen LogP contribution in [-0.2, 0) is 6.54 Å². The highest BCUT2D eigenvalue weighted by Gasteiger charge is 2.13. The van der Waals surface area contributed by atoms with Crippen LogP contribution >= 0.6 is 11.3 Å². The van der Waals surface area contributed by atoms with Gasteiger partial charge in [-0.05, 0) is 25.9 Å². The summed E-state index contributed by atoms with van der Waals surface area (Å²) >= 11 is 1.22. The monoisotopic (exact) mass is 254 g/mol. The molecule has 1 aliphatic rings. The van der Waals surface area contributed by atoms with Crippen molar-refractivity contribution >= 4 is 17.3 Å². The average Bonchev–Trinajstić information content (AvgIpc) is 2.70. The number of hydrogen-bond acceptors (Lipinski definition) is 4. The standard InChI is InChI=1S/C12H18N2O2S/c15-12(16)11-13-10(9-17-11)8-14-6-4-2-1-3-5-7-14/h9H,1-8H2,(H,15,16). The second kappa shape index (κ2) is 6.12. The van der Waals surface area contributed by atoms with Crippen LogP contribution in [0.25, 0.3) is 0 Å². The van der Waals surface area contributed by atoms with E-state index < -0.39 is 5.97 Å². The summed E-state index contributed by atoms with van der Waals surface area (Å²) in [4.78, 5) is 17.3. The van der Waals surface area contributed by atoms with E-state index in [1.54, 1.807) is 0 Å². The second-order valence-corrected chi connectivity index (χ2v) is 5.35. The summed E-state index contributed by atoms with van der Waals surface area (Å²) in [5.74, 6) is -0.922. The quantitative estimate of drug-likeness (QED) is 0.901. The zero-order valence-electron chi connectivity index (χ0n) is 9.89. The Bertz CT molecular complexity index is 370. The number of rotatable bonds is 3. The van der Waals surface area contributed by atoms with Crippen LogP contribution in [0.2, 0.25) is 0 Å². The summed E-state index contributed by atoms with van der Waals surface area (Å²) in [6, 6.07) is 0. The lowest BCUT2D eigenvalue weighted by Gasteiger charge is -2.23. The molecule has 1 aromatic rings. The SMILES string of the molecule is O=C(O)c1nc(CN2CCCCCCC2)cs1. The molecule has 17 heavy (non-hydrogen) atoms. The molecule has 1 saturated heterocycles. The molecule has 0 amide bonds. The maximum absolute atomic E-state index is 10.7. The van der Waals surface area contributed by atoms with E-state index in [2.05, 4.69) is 9.88 Å². The number of hydrogen-bond donors (Lipinski definition) is 1. The highest BCUT2D eigenvalue weighted by molar-refractivity contribution is 7.11. The molecular formula is C12H18N2O2S. The predicted molar refractivity (Wildman–Crippen MR) is 67.4 cm³/mol. The summed E-state index contributed by atoms with van der Waals surface area (Å²) in [5.41, 5.74) is 0.896. The van der Waals surface area contributed by atoms with Crippen molar-refractivity contribution in [2.24, 2.45) is 0 Å². The Morgan fingerprint density at radius 2 is 1.94 bits per heavy atom. The minimum atomic E-state index is -0.922. The Morgan fingerprint density at radius 3 is 2.53 bits per heavy atom. The molecule has 5 heteroatoms. The predicted octanol–water partition coefficient (Wildman–Crippen LogP) is 2.61. The van der Waals surface area contributed by atoms with Gasteiger partial charge in [-0.1, -0.05) is 19.3 Å². The number of carboxylic acid groups (broad SMARTS) is 1. The third kappa shape index (κ3) is 3.78. The van der Waals surface area contributed by atoms with Crippen LogP contribution in [0.3, 0.4) is 0 Å². The molecule has 0 spiro atoms. The summed E-state index contributed by atoms with van der Waals surface area (Å²) in [6.07, 6.45) is 6.47. The van der Waals surface area contributed by atoms with Crippen molar-refractivity contribution in [1.82, 2.24) is 9.88 Å². The van der Waals surface area contributed by atoms with Gasteiger partial charge in [0.15, 0.2) is 0 Å². The van der Waals surface area contributed by atoms with Crippen LogP contribution < -0.4 is 0 Å². The highest BCUT2D eigenvalue weighted by Crippen LogP contribution is 2.15. The van der Waals surface area contributed by atoms with Gasteiger partial charge in [0.2, 0.25) is 5.01 Å². The fourth-order valence-corrected chi connectivity index (χ4v) is 2.82. The molecule has 1 aliphatic heterocycles. The van der Waals surface area contributed by atoms with Gasteiger partial charge in [0.25, 0.3) is 0 Å². The van der Waals surface area contributed by atoms with Crippen LogP contribution in [0.15, 0.2) is 5.38 Å². The fourth-order valence-electron chi connectivity index (χ4n) is 2.18. The van der Waals surface area contributed by atoms with Crippen LogP contribution in [0.1, 0.15) is 47.6 Å². The fraction of sp³-hybridized carbons (Fsp3) is 0.667. The number of carboxylic acids is 1. The molecule has 94 valence electrons. The average molecular weight is 254 g/mol. The van der Waals surface area contributed by atoms with Crippen molar-refractivity contribution in [3.8, 4) is 0 Å². The maximum atomic E-state index is 10.7. The number of aromatic nitrogens is 1. The van der Waals surface area contributed by atoms with Gasteiger partial charge in [0.05, 0.1) is 5.69 Å². The molecule has 0 saturated carbocycles. The molecule has 2 heterocycles. The molecule has 1 aromatic heterocycles. The van der Waals surface area contributed by atoms with Crippen molar-refractivity contribution in [2.45, 2.75) is 38.6 Å². The van der Waals surface area contributed by atoms with E-state index in [-0.39, 0.29) is 5.01 Å². The molecule has 2 rings (SSSR count). The number of aromatic carboxylic acids is 1. The van der Waals surface area contributed by atoms with Crippen LogP contribution in [0.4, 0.5) is 0 Å². The lowest BCUT2D eigenvalue weighted by Crippen LogP contribution is -2.27. The minimum absolute atomic E-state index is 0.201. The molecule has 0 bridgehead atoms. The smallest absolute Gasteiger partial charge is 0.365 e. The second-order valence-electron chi connectivity index (χ2n) is 4.49. The molecular weight excluding hydrogens is 236 g/mol. The molecule has 0 unspecified atom stereocenters. The van der Waals surface area contributed by atoms with Gasteiger partial charge in [-0.15, -0.1) is 11.3 Å². The van der Waals surface area contributed by atoms with Gasteiger partial charge in [-0.3, -0.25) is 4.90 Å². The van der Waals surface area contributed by atoms with E-state index in [1.807, 2.05) is 5.38 Å². The van der Waals surface area contributed by atoms with E-state index in [1.165, 1.54) is 43.4 Å². The van der Waals surface area contributed by atoms with Gasteiger partial charge in [-0.2, -0.15) is 0 Å². The van der Waals surface area contributed by atoms with Crippen LogP contribution in [-0.4, -0.2) is 34.0 Å². The van der Waals surface area contributed by atoms with Gasteiger partial charge in [0, 0.05) is 11.9 Å². The normalized spacial score (nSPS) is 18.6. The topological polar surface area (TPSA) is 53.4 Å². The summed E-state index contributed by atoms with van der Waals surface area (Å²) < 4.78 is 0. The first kappa shape index (κ1) is 12.5. The van der Waals surface area contributed by atoms with Crippen molar-refractivity contribution in [2.75, 3.05) is 13.1 Å². The molecule has 0 radical (unpaired) electrons. The Morgan fingerprint density at radius 1 is 1.29 bits per heavy atom. The lowest BCUT2D eigenvalue weighted by atomic mass is 10.1. The highest BCUT2D eigenvalue weighted by atomic mass is 32.1. The third-order valence-electron chi connectivity index (χ3n) is 3.07. The van der Waals surface area contributed by atoms with Crippen LogP contribution in [0.5, 0.6) is 0 Å². The van der Waals surface area contributed by atoms with Crippen molar-refractivity contribution in [3.05, 3.63) is 16.1 Å². The molecule has 1 N–H and O–H groups in total. The summed E-state index contributed by atoms with van der Waals surface area (Å²) in [7, 11) is 0. The molecule has 0 aliphatic carbocycles. The lowest BCUT2D eigenvalue weighted by molar-refractivity contribution is 0.0696. The zero-order valence-corrected chi connectivity index (χ0v) is 10.7. The van der Waals surface area contributed by atoms with Crippen molar-refractivity contribution in [3.63, 3.8) is 0 Å². The van der Waals surface area contributed by atoms with Gasteiger partial charge in [0.1, 0.15) is 0 Å². The van der Waals surface area contributed by atoms with Crippen molar-refractivity contribution in [1.29, 1.82) is 0 Å². The third-order valence-corrected chi connectivity index (χ3v) is 3.95. The maximum Gasteiger partial charge on any atom is 0.365 e. The molecule has 0 atom stereocenters. The number of nitrogens with zero attached hydrogens (tertiary/aromatic N) is 2. The molecule has 0 aromatic carbocycles. The Balaban J connectivity index is 1.91. The van der Waals surface area contributed by atoms with E-state index in [4.69, 9.17) is 5.11 Å².